The van der Waals surface area contributed by atoms with E-state index < -0.39 is 0 Å². The Labute approximate surface area is 227 Å². The third kappa shape index (κ3) is 5.48. The molecule has 0 spiro atoms. The Morgan fingerprint density at radius 2 is 1.84 bits per heavy atom. The fourth-order valence-corrected chi connectivity index (χ4v) is 6.32. The van der Waals surface area contributed by atoms with Gasteiger partial charge in [-0.1, -0.05) is 6.42 Å². The highest BCUT2D eigenvalue weighted by molar-refractivity contribution is 7.08. The molecule has 1 amide bonds. The van der Waals surface area contributed by atoms with Gasteiger partial charge in [-0.3, -0.25) is 14.8 Å². The zero-order valence-corrected chi connectivity index (χ0v) is 22.7. The number of aromatic nitrogens is 2. The number of nitrogens with one attached hydrogen (secondary N) is 2. The molecule has 0 saturated carbocycles. The van der Waals surface area contributed by atoms with Gasteiger partial charge in [0.2, 0.25) is 5.91 Å². The highest BCUT2D eigenvalue weighted by Crippen LogP contribution is 2.32. The van der Waals surface area contributed by atoms with Crippen molar-refractivity contribution in [3.63, 3.8) is 0 Å². The topological polar surface area (TPSA) is 73.5 Å². The molecule has 4 aromatic rings. The number of piperidine rings is 2. The van der Waals surface area contributed by atoms with Crippen LogP contribution in [-0.2, 0) is 4.79 Å². The number of fused-ring (bicyclic) bond motifs is 1. The average molecular weight is 530 g/mol. The molecule has 4 heterocycles. The van der Waals surface area contributed by atoms with Crippen LogP contribution in [0, 0.1) is 0 Å². The fourth-order valence-electron chi connectivity index (χ4n) is 5.64. The summed E-state index contributed by atoms with van der Waals surface area (Å²) in [5.41, 5.74) is 4.67. The minimum Gasteiger partial charge on any atom is -0.490 e. The van der Waals surface area contributed by atoms with Gasteiger partial charge in [-0.05, 0) is 111 Å². The molecule has 7 nitrogen and oxygen atoms in total. The van der Waals surface area contributed by atoms with Gasteiger partial charge in [0.15, 0.2) is 0 Å². The average Bonchev–Trinajstić information content (AvgIpc) is 3.62. The molecule has 198 valence electrons. The molecular weight excluding hydrogens is 494 g/mol. The summed E-state index contributed by atoms with van der Waals surface area (Å²) in [6, 6.07) is 16.0. The second kappa shape index (κ2) is 11.3. The molecule has 2 aromatic carbocycles. The van der Waals surface area contributed by atoms with Crippen LogP contribution in [0.1, 0.15) is 43.7 Å². The predicted octanol–water partition coefficient (Wildman–Crippen LogP) is 5.93. The zero-order chi connectivity index (χ0) is 25.9. The molecule has 2 N–H and O–H groups in total. The number of benzene rings is 2. The molecule has 8 heteroatoms. The van der Waals surface area contributed by atoms with Crippen LogP contribution in [0.5, 0.6) is 5.75 Å². The lowest BCUT2D eigenvalue weighted by molar-refractivity contribution is -0.121. The van der Waals surface area contributed by atoms with Crippen LogP contribution in [0.25, 0.3) is 22.2 Å². The van der Waals surface area contributed by atoms with E-state index in [0.29, 0.717) is 0 Å². The van der Waals surface area contributed by atoms with Crippen molar-refractivity contribution >= 4 is 33.8 Å². The van der Waals surface area contributed by atoms with Crippen LogP contribution in [0.4, 0.5) is 5.69 Å². The Balaban J connectivity index is 1.19. The highest BCUT2D eigenvalue weighted by Gasteiger charge is 2.29. The number of nitrogens with zero attached hydrogens (tertiary/aromatic N) is 3. The molecule has 6 rings (SSSR count). The van der Waals surface area contributed by atoms with Gasteiger partial charge in [0.25, 0.3) is 0 Å². The molecule has 2 saturated heterocycles. The number of anilines is 1. The second-order valence-electron chi connectivity index (χ2n) is 10.5. The van der Waals surface area contributed by atoms with Crippen molar-refractivity contribution in [3.05, 3.63) is 64.9 Å². The van der Waals surface area contributed by atoms with Crippen LogP contribution in [0.15, 0.2) is 59.3 Å². The number of carbonyl (C=O) groups excluding carboxylic acids is 1. The van der Waals surface area contributed by atoms with Gasteiger partial charge in [-0.2, -0.15) is 16.4 Å². The molecule has 1 unspecified atom stereocenters. The number of hydrogen-bond donors (Lipinski definition) is 2. The van der Waals surface area contributed by atoms with Crippen molar-refractivity contribution in [2.45, 2.75) is 44.2 Å². The maximum Gasteiger partial charge on any atom is 0.246 e. The summed E-state index contributed by atoms with van der Waals surface area (Å²) in [5.74, 6) is 0.915. The van der Waals surface area contributed by atoms with Gasteiger partial charge in [-0.15, -0.1) is 0 Å². The van der Waals surface area contributed by atoms with E-state index in [-0.39, 0.29) is 18.1 Å². The van der Waals surface area contributed by atoms with Gasteiger partial charge < -0.3 is 15.0 Å². The van der Waals surface area contributed by atoms with Crippen LogP contribution < -0.4 is 10.1 Å². The lowest BCUT2D eigenvalue weighted by atomic mass is 10.0. The van der Waals surface area contributed by atoms with Crippen molar-refractivity contribution < 1.29 is 9.53 Å². The van der Waals surface area contributed by atoms with Crippen molar-refractivity contribution in [2.24, 2.45) is 0 Å². The zero-order valence-electron chi connectivity index (χ0n) is 21.9. The monoisotopic (exact) mass is 529 g/mol. The first-order chi connectivity index (χ1) is 18.6. The Hall–Kier alpha value is -3.20. The van der Waals surface area contributed by atoms with E-state index in [4.69, 9.17) is 4.74 Å². The number of ether oxygens (including phenoxy) is 1. The fraction of sp³-hybridized carbons (Fsp3) is 0.400. The lowest BCUT2D eigenvalue weighted by Gasteiger charge is -2.33. The smallest absolute Gasteiger partial charge is 0.246 e. The number of carbonyl (C=O) groups is 1. The third-order valence-electron chi connectivity index (χ3n) is 7.79. The van der Waals surface area contributed by atoms with E-state index in [1.165, 1.54) is 6.42 Å². The summed E-state index contributed by atoms with van der Waals surface area (Å²) < 4.78 is 6.22. The normalized spacial score (nSPS) is 18.4. The van der Waals surface area contributed by atoms with Gasteiger partial charge in [0.05, 0.1) is 11.2 Å². The Morgan fingerprint density at radius 1 is 1.05 bits per heavy atom. The number of rotatable bonds is 7. The number of thiophene rings is 1. The Bertz CT molecular complexity index is 1350. The van der Waals surface area contributed by atoms with Crippen LogP contribution in [0.2, 0.25) is 0 Å². The second-order valence-corrected chi connectivity index (χ2v) is 11.3. The molecule has 2 aromatic heterocycles. The van der Waals surface area contributed by atoms with Crippen LogP contribution >= 0.6 is 11.3 Å². The summed E-state index contributed by atoms with van der Waals surface area (Å²) in [6.07, 6.45) is 5.90. The maximum absolute atomic E-state index is 13.6. The molecule has 1 atom stereocenters. The maximum atomic E-state index is 13.6. The first-order valence-corrected chi connectivity index (χ1v) is 14.6. The first-order valence-electron chi connectivity index (χ1n) is 13.6. The van der Waals surface area contributed by atoms with E-state index in [1.807, 2.05) is 35.7 Å². The van der Waals surface area contributed by atoms with Gasteiger partial charge in [0, 0.05) is 29.7 Å². The number of amides is 1. The molecule has 2 aliphatic rings. The van der Waals surface area contributed by atoms with Crippen molar-refractivity contribution in [3.8, 4) is 17.0 Å². The highest BCUT2D eigenvalue weighted by atomic mass is 32.1. The first kappa shape index (κ1) is 25.1. The number of hydrogen-bond acceptors (Lipinski definition) is 6. The molecule has 38 heavy (non-hydrogen) atoms. The van der Waals surface area contributed by atoms with Gasteiger partial charge in [-0.25, -0.2) is 0 Å². The molecule has 2 aliphatic heterocycles. The summed E-state index contributed by atoms with van der Waals surface area (Å²) >= 11 is 1.64. The summed E-state index contributed by atoms with van der Waals surface area (Å²) in [5, 5.41) is 16.1. The van der Waals surface area contributed by atoms with E-state index in [1.54, 1.807) is 11.3 Å². The number of aromatic amines is 1. The molecule has 0 aliphatic carbocycles. The molecule has 2 fully saturated rings. The minimum absolute atomic E-state index is 0.0186. The SMILES string of the molecule is CN1CCC(Oc2ccc(-c3n[nH]c4ccc(NC(=O)C(c5ccsc5)N5CCCCC5)cc34)cc2)CC1. The third-order valence-corrected chi connectivity index (χ3v) is 8.49. The van der Waals surface area contributed by atoms with E-state index >= 15 is 0 Å². The predicted molar refractivity (Wildman–Crippen MR) is 154 cm³/mol. The largest absolute Gasteiger partial charge is 0.490 e. The molecular formula is C30H35N5O2S. The van der Waals surface area contributed by atoms with Gasteiger partial charge >= 0.3 is 0 Å². The number of H-pyrrole nitrogens is 1. The minimum atomic E-state index is -0.266. The summed E-state index contributed by atoms with van der Waals surface area (Å²) in [6.45, 7) is 4.06. The van der Waals surface area contributed by atoms with Crippen molar-refractivity contribution in [2.75, 3.05) is 38.5 Å². The van der Waals surface area contributed by atoms with Crippen LogP contribution in [-0.4, -0.2) is 65.2 Å². The molecule has 0 radical (unpaired) electrons. The van der Waals surface area contributed by atoms with E-state index in [2.05, 4.69) is 55.9 Å². The lowest BCUT2D eigenvalue weighted by Crippen LogP contribution is -2.40. The van der Waals surface area contributed by atoms with E-state index in [9.17, 15) is 4.79 Å². The van der Waals surface area contributed by atoms with E-state index in [0.717, 1.165) is 91.0 Å². The van der Waals surface area contributed by atoms with Crippen molar-refractivity contribution in [1.82, 2.24) is 20.0 Å². The molecule has 0 bridgehead atoms. The van der Waals surface area contributed by atoms with Gasteiger partial charge in [0.1, 0.15) is 17.9 Å². The standard InChI is InChI=1S/C30H35N5O2S/c1-34-16-11-25(12-17-34)37-24-8-5-21(6-9-24)28-26-19-23(7-10-27(26)32-33-28)31-30(36)29(22-13-18-38-20-22)35-14-3-2-4-15-35/h5-10,13,18-20,25,29H,2-4,11-12,14-17H2,1H3,(H,31,36)(H,32,33). The number of likely N-dealkylation sites (tertiary alicyclic amines) is 2. The Kier molecular flexibility index (Phi) is 7.44. The van der Waals surface area contributed by atoms with Crippen molar-refractivity contribution in [1.29, 1.82) is 0 Å². The summed E-state index contributed by atoms with van der Waals surface area (Å²) in [7, 11) is 2.16. The quantitative estimate of drug-likeness (QED) is 0.310. The Morgan fingerprint density at radius 3 is 2.58 bits per heavy atom. The summed E-state index contributed by atoms with van der Waals surface area (Å²) in [4.78, 5) is 18.2. The van der Waals surface area contributed by atoms with Crippen LogP contribution in [0.3, 0.4) is 0 Å².